The van der Waals surface area contributed by atoms with Crippen LogP contribution in [0.1, 0.15) is 33.3 Å². The number of carbonyl (C=O) groups excluding carboxylic acids is 2. The van der Waals surface area contributed by atoms with Crippen molar-refractivity contribution in [2.24, 2.45) is 16.7 Å². The first kappa shape index (κ1) is 17.8. The first-order valence-electron chi connectivity index (χ1n) is 8.99. The van der Waals surface area contributed by atoms with Gasteiger partial charge in [-0.15, -0.1) is 0 Å². The van der Waals surface area contributed by atoms with Gasteiger partial charge in [0.1, 0.15) is 6.61 Å². The van der Waals surface area contributed by atoms with Crippen molar-refractivity contribution in [1.29, 1.82) is 0 Å². The number of carbonyl (C=O) groups is 2. The van der Waals surface area contributed by atoms with E-state index in [1.54, 1.807) is 4.90 Å². The van der Waals surface area contributed by atoms with E-state index in [2.05, 4.69) is 27.7 Å². The lowest BCUT2D eigenvalue weighted by molar-refractivity contribution is -0.135. The van der Waals surface area contributed by atoms with Gasteiger partial charge in [0, 0.05) is 32.1 Å². The second kappa shape index (κ2) is 6.36. The average molecular weight is 344 g/mol. The lowest BCUT2D eigenvalue weighted by Crippen LogP contribution is -2.51. The smallest absolute Gasteiger partial charge is 0.410 e. The van der Waals surface area contributed by atoms with Crippen LogP contribution in [-0.2, 0) is 16.1 Å². The van der Waals surface area contributed by atoms with Crippen LogP contribution < -0.4 is 0 Å². The van der Waals surface area contributed by atoms with Gasteiger partial charge >= 0.3 is 6.09 Å². The summed E-state index contributed by atoms with van der Waals surface area (Å²) < 4.78 is 5.37. The quantitative estimate of drug-likeness (QED) is 0.846. The average Bonchev–Trinajstić information content (AvgIpc) is 3.02. The molecule has 1 aliphatic carbocycles. The van der Waals surface area contributed by atoms with E-state index in [9.17, 15) is 9.59 Å². The fraction of sp³-hybridized carbons (Fsp3) is 0.600. The molecule has 1 saturated carbocycles. The lowest BCUT2D eigenvalue weighted by atomic mass is 10.0. The third-order valence-corrected chi connectivity index (χ3v) is 6.32. The Morgan fingerprint density at radius 1 is 0.960 bits per heavy atom. The van der Waals surface area contributed by atoms with Crippen LogP contribution >= 0.6 is 0 Å². The number of ether oxygens (including phenoxy) is 1. The molecule has 25 heavy (non-hydrogen) atoms. The van der Waals surface area contributed by atoms with Gasteiger partial charge in [-0.05, 0) is 16.4 Å². The highest BCUT2D eigenvalue weighted by molar-refractivity contribution is 5.84. The summed E-state index contributed by atoms with van der Waals surface area (Å²) in [5, 5.41) is 0. The molecule has 2 amide bonds. The highest BCUT2D eigenvalue weighted by atomic mass is 16.6. The number of nitrogens with zero attached hydrogens (tertiary/aromatic N) is 2. The molecule has 1 saturated heterocycles. The summed E-state index contributed by atoms with van der Waals surface area (Å²) in [6.07, 6.45) is -0.303. The van der Waals surface area contributed by atoms with E-state index in [1.807, 2.05) is 35.2 Å². The fourth-order valence-electron chi connectivity index (χ4n) is 3.92. The van der Waals surface area contributed by atoms with E-state index >= 15 is 0 Å². The van der Waals surface area contributed by atoms with Crippen LogP contribution in [0.4, 0.5) is 4.79 Å². The van der Waals surface area contributed by atoms with E-state index in [1.165, 1.54) is 0 Å². The number of piperazine rings is 1. The van der Waals surface area contributed by atoms with Gasteiger partial charge in [0.2, 0.25) is 5.91 Å². The van der Waals surface area contributed by atoms with Crippen LogP contribution in [-0.4, -0.2) is 48.0 Å². The monoisotopic (exact) mass is 344 g/mol. The molecular weight excluding hydrogens is 316 g/mol. The van der Waals surface area contributed by atoms with Crippen LogP contribution in [0.25, 0.3) is 0 Å². The predicted octanol–water partition coefficient (Wildman–Crippen LogP) is 3.15. The summed E-state index contributed by atoms with van der Waals surface area (Å²) in [7, 11) is 0. The zero-order chi connectivity index (χ0) is 18.2. The van der Waals surface area contributed by atoms with Crippen molar-refractivity contribution in [2.45, 2.75) is 34.3 Å². The maximum atomic E-state index is 12.8. The van der Waals surface area contributed by atoms with Gasteiger partial charge in [0.25, 0.3) is 0 Å². The molecule has 136 valence electrons. The Morgan fingerprint density at radius 2 is 1.48 bits per heavy atom. The lowest BCUT2D eigenvalue weighted by Gasteiger charge is -2.34. The van der Waals surface area contributed by atoms with Gasteiger partial charge in [-0.1, -0.05) is 58.0 Å². The Kier molecular flexibility index (Phi) is 4.52. The zero-order valence-electron chi connectivity index (χ0n) is 15.6. The molecule has 5 heteroatoms. The maximum Gasteiger partial charge on any atom is 0.410 e. The van der Waals surface area contributed by atoms with Crippen molar-refractivity contribution in [2.75, 3.05) is 26.2 Å². The molecule has 1 heterocycles. The molecule has 0 unspecified atom stereocenters. The van der Waals surface area contributed by atoms with Gasteiger partial charge in [-0.3, -0.25) is 4.79 Å². The molecule has 1 aliphatic heterocycles. The summed E-state index contributed by atoms with van der Waals surface area (Å²) >= 11 is 0. The molecule has 0 radical (unpaired) electrons. The maximum absolute atomic E-state index is 12.8. The number of amides is 2. The standard InChI is InChI=1S/C20H28N2O3/c1-19(2)16(20(19,3)4)17(23)21-10-12-22(13-11-21)18(24)25-14-15-8-6-5-7-9-15/h5-9,16H,10-14H2,1-4H3. The molecule has 1 aromatic carbocycles. The molecule has 0 N–H and O–H groups in total. The Bertz CT molecular complexity index is 632. The molecule has 2 aliphatic rings. The summed E-state index contributed by atoms with van der Waals surface area (Å²) in [6.45, 7) is 11.2. The minimum Gasteiger partial charge on any atom is -0.445 e. The largest absolute Gasteiger partial charge is 0.445 e. The minimum atomic E-state index is -0.303. The van der Waals surface area contributed by atoms with E-state index in [4.69, 9.17) is 4.74 Å². The SMILES string of the molecule is CC1(C)C(C(=O)N2CCN(C(=O)OCc3ccccc3)CC2)C1(C)C. The van der Waals surface area contributed by atoms with E-state index in [0.717, 1.165) is 5.56 Å². The van der Waals surface area contributed by atoms with E-state index in [-0.39, 0.29) is 35.4 Å². The van der Waals surface area contributed by atoms with Crippen molar-refractivity contribution in [1.82, 2.24) is 9.80 Å². The van der Waals surface area contributed by atoms with Gasteiger partial charge in [-0.2, -0.15) is 0 Å². The molecular formula is C20H28N2O3. The number of hydrogen-bond acceptors (Lipinski definition) is 3. The molecule has 0 spiro atoms. The van der Waals surface area contributed by atoms with Crippen LogP contribution in [0, 0.1) is 16.7 Å². The second-order valence-electron chi connectivity index (χ2n) is 8.23. The molecule has 2 fully saturated rings. The van der Waals surface area contributed by atoms with Crippen LogP contribution in [0.5, 0.6) is 0 Å². The van der Waals surface area contributed by atoms with Crippen molar-refractivity contribution >= 4 is 12.0 Å². The van der Waals surface area contributed by atoms with Crippen LogP contribution in [0.2, 0.25) is 0 Å². The van der Waals surface area contributed by atoms with Gasteiger partial charge in [0.15, 0.2) is 0 Å². The van der Waals surface area contributed by atoms with Crippen LogP contribution in [0.15, 0.2) is 30.3 Å². The van der Waals surface area contributed by atoms with Crippen molar-refractivity contribution in [3.05, 3.63) is 35.9 Å². The number of benzene rings is 1. The molecule has 0 aromatic heterocycles. The summed E-state index contributed by atoms with van der Waals surface area (Å²) in [6, 6.07) is 9.65. The van der Waals surface area contributed by atoms with E-state index in [0.29, 0.717) is 26.2 Å². The first-order valence-corrected chi connectivity index (χ1v) is 8.99. The topological polar surface area (TPSA) is 49.9 Å². The second-order valence-corrected chi connectivity index (χ2v) is 8.23. The van der Waals surface area contributed by atoms with Gasteiger partial charge < -0.3 is 14.5 Å². The Balaban J connectivity index is 1.47. The predicted molar refractivity (Wildman–Crippen MR) is 95.8 cm³/mol. The Morgan fingerprint density at radius 3 is 2.00 bits per heavy atom. The molecule has 1 aromatic rings. The molecule has 0 bridgehead atoms. The minimum absolute atomic E-state index is 0.0514. The zero-order valence-corrected chi connectivity index (χ0v) is 15.6. The Labute approximate surface area is 149 Å². The summed E-state index contributed by atoms with van der Waals surface area (Å²) in [5.74, 6) is 0.309. The fourth-order valence-corrected chi connectivity index (χ4v) is 3.92. The van der Waals surface area contributed by atoms with Crippen molar-refractivity contribution < 1.29 is 14.3 Å². The molecule has 0 atom stereocenters. The van der Waals surface area contributed by atoms with Gasteiger partial charge in [-0.25, -0.2) is 4.79 Å². The first-order chi connectivity index (χ1) is 11.7. The summed E-state index contributed by atoms with van der Waals surface area (Å²) in [4.78, 5) is 28.6. The third kappa shape index (κ3) is 3.24. The number of rotatable bonds is 3. The van der Waals surface area contributed by atoms with Gasteiger partial charge in [0.05, 0.1) is 0 Å². The van der Waals surface area contributed by atoms with E-state index < -0.39 is 0 Å². The highest BCUT2D eigenvalue weighted by Gasteiger charge is 2.68. The normalized spacial score (nSPS) is 21.8. The van der Waals surface area contributed by atoms with Crippen LogP contribution in [0.3, 0.4) is 0 Å². The highest BCUT2D eigenvalue weighted by Crippen LogP contribution is 2.68. The summed E-state index contributed by atoms with van der Waals surface area (Å²) in [5.41, 5.74) is 1.08. The van der Waals surface area contributed by atoms with Crippen molar-refractivity contribution in [3.63, 3.8) is 0 Å². The third-order valence-electron chi connectivity index (χ3n) is 6.32. The Hall–Kier alpha value is -2.04. The molecule has 5 nitrogen and oxygen atoms in total. The molecule has 3 rings (SSSR count). The van der Waals surface area contributed by atoms with Crippen molar-refractivity contribution in [3.8, 4) is 0 Å². The number of hydrogen-bond donors (Lipinski definition) is 0.